The number of ether oxygens (including phenoxy) is 1. The minimum absolute atomic E-state index is 0.0152. The van der Waals surface area contributed by atoms with E-state index in [1.165, 1.54) is 12.8 Å². The Morgan fingerprint density at radius 1 is 1.21 bits per heavy atom. The summed E-state index contributed by atoms with van der Waals surface area (Å²) in [6, 6.07) is 4.16. The Morgan fingerprint density at radius 3 is 2.54 bits per heavy atom. The number of likely N-dealkylation sites (tertiary alicyclic amines) is 1. The van der Waals surface area contributed by atoms with Crippen LogP contribution in [0, 0.1) is 6.92 Å². The molecule has 1 aliphatic heterocycles. The van der Waals surface area contributed by atoms with E-state index in [-0.39, 0.29) is 17.3 Å². The first kappa shape index (κ1) is 20.0. The van der Waals surface area contributed by atoms with Crippen LogP contribution in [0.15, 0.2) is 16.9 Å². The number of aryl methyl sites for hydroxylation is 1. The van der Waals surface area contributed by atoms with E-state index in [1.807, 2.05) is 23.6 Å². The van der Waals surface area contributed by atoms with Gasteiger partial charge in [0, 0.05) is 36.3 Å². The second kappa shape index (κ2) is 7.85. The normalized spacial score (nSPS) is 27.5. The van der Waals surface area contributed by atoms with E-state index in [4.69, 9.17) is 16.3 Å². The Kier molecular flexibility index (Phi) is 5.60. The Labute approximate surface area is 172 Å². The number of H-pyrrole nitrogens is 1. The van der Waals surface area contributed by atoms with Gasteiger partial charge < -0.3 is 9.72 Å². The van der Waals surface area contributed by atoms with Crippen LogP contribution in [0.25, 0.3) is 11.0 Å². The van der Waals surface area contributed by atoms with E-state index < -0.39 is 0 Å². The summed E-state index contributed by atoms with van der Waals surface area (Å²) in [7, 11) is 0. The van der Waals surface area contributed by atoms with Crippen molar-refractivity contribution in [2.45, 2.75) is 77.0 Å². The van der Waals surface area contributed by atoms with Crippen LogP contribution in [0.3, 0.4) is 0 Å². The molecule has 2 aliphatic rings. The third kappa shape index (κ3) is 3.64. The summed E-state index contributed by atoms with van der Waals surface area (Å²) in [5.74, 6) is 0. The molecule has 4 rings (SSSR count). The van der Waals surface area contributed by atoms with E-state index >= 15 is 0 Å². The summed E-state index contributed by atoms with van der Waals surface area (Å²) in [5.41, 5.74) is 3.09. The van der Waals surface area contributed by atoms with Gasteiger partial charge in [0.05, 0.1) is 17.1 Å². The molecule has 2 heterocycles. The van der Waals surface area contributed by atoms with Crippen LogP contribution in [-0.4, -0.2) is 45.8 Å². The molecule has 0 bridgehead atoms. The lowest BCUT2D eigenvalue weighted by Crippen LogP contribution is -2.53. The number of imidazole rings is 1. The average Bonchev–Trinajstić information content (AvgIpc) is 2.99. The smallest absolute Gasteiger partial charge is 0.326 e. The molecular formula is C22H32ClN3O2. The molecule has 5 nitrogen and oxygen atoms in total. The summed E-state index contributed by atoms with van der Waals surface area (Å²) in [5, 5.41) is 0.700. The first-order chi connectivity index (χ1) is 13.4. The number of hydrogen-bond donors (Lipinski definition) is 1. The highest BCUT2D eigenvalue weighted by molar-refractivity contribution is 6.32. The average molecular weight is 406 g/mol. The summed E-state index contributed by atoms with van der Waals surface area (Å²) >= 11 is 6.24. The maximum Gasteiger partial charge on any atom is 0.326 e. The van der Waals surface area contributed by atoms with Gasteiger partial charge in [-0.2, -0.15) is 0 Å². The lowest BCUT2D eigenvalue weighted by Gasteiger charge is -2.48. The van der Waals surface area contributed by atoms with Crippen LogP contribution < -0.4 is 5.69 Å². The molecule has 1 aliphatic carbocycles. The van der Waals surface area contributed by atoms with E-state index in [0.717, 1.165) is 62.0 Å². The summed E-state index contributed by atoms with van der Waals surface area (Å²) in [4.78, 5) is 18.3. The second-order valence-corrected chi connectivity index (χ2v) is 9.20. The number of nitrogens with zero attached hydrogens (tertiary/aromatic N) is 2. The topological polar surface area (TPSA) is 50.3 Å². The molecule has 1 saturated carbocycles. The highest BCUT2D eigenvalue weighted by Gasteiger charge is 2.38. The quantitative estimate of drug-likeness (QED) is 0.804. The highest BCUT2D eigenvalue weighted by Crippen LogP contribution is 2.38. The van der Waals surface area contributed by atoms with Crippen molar-refractivity contribution in [1.82, 2.24) is 14.5 Å². The second-order valence-electron chi connectivity index (χ2n) is 8.79. The molecule has 0 atom stereocenters. The number of nitrogens with one attached hydrogen (secondary N) is 1. The van der Waals surface area contributed by atoms with Crippen molar-refractivity contribution < 1.29 is 4.74 Å². The van der Waals surface area contributed by atoms with Gasteiger partial charge in [-0.1, -0.05) is 11.6 Å². The first-order valence-electron chi connectivity index (χ1n) is 10.7. The monoisotopic (exact) mass is 405 g/mol. The molecule has 1 saturated heterocycles. The fourth-order valence-corrected chi connectivity index (χ4v) is 5.37. The molecule has 0 radical (unpaired) electrons. The van der Waals surface area contributed by atoms with Gasteiger partial charge in [0.25, 0.3) is 0 Å². The van der Waals surface area contributed by atoms with Gasteiger partial charge in [-0.3, -0.25) is 9.47 Å². The molecular weight excluding hydrogens is 374 g/mol. The number of halogens is 1. The third-order valence-corrected chi connectivity index (χ3v) is 7.41. The van der Waals surface area contributed by atoms with Crippen LogP contribution in [0.4, 0.5) is 0 Å². The lowest BCUT2D eigenvalue weighted by molar-refractivity contribution is -0.0273. The van der Waals surface area contributed by atoms with Crippen molar-refractivity contribution in [3.8, 4) is 0 Å². The van der Waals surface area contributed by atoms with Crippen LogP contribution in [0.2, 0.25) is 5.02 Å². The number of rotatable bonds is 4. The van der Waals surface area contributed by atoms with Gasteiger partial charge in [-0.05, 0) is 77.0 Å². The number of piperidine rings is 1. The van der Waals surface area contributed by atoms with Crippen molar-refractivity contribution in [3.05, 3.63) is 33.2 Å². The molecule has 0 spiro atoms. The fourth-order valence-electron chi connectivity index (χ4n) is 5.21. The van der Waals surface area contributed by atoms with E-state index in [9.17, 15) is 4.79 Å². The van der Waals surface area contributed by atoms with Crippen LogP contribution in [0.1, 0.15) is 64.0 Å². The molecule has 1 aromatic heterocycles. The van der Waals surface area contributed by atoms with Crippen molar-refractivity contribution >= 4 is 22.6 Å². The third-order valence-electron chi connectivity index (χ3n) is 7.00. The molecule has 0 amide bonds. The Morgan fingerprint density at radius 2 is 1.89 bits per heavy atom. The number of fused-ring (bicyclic) bond motifs is 1. The Balaban J connectivity index is 1.46. The van der Waals surface area contributed by atoms with E-state index in [0.29, 0.717) is 11.1 Å². The minimum Gasteiger partial charge on any atom is -0.379 e. The molecule has 1 aromatic carbocycles. The van der Waals surface area contributed by atoms with Gasteiger partial charge in [0.1, 0.15) is 0 Å². The number of benzene rings is 1. The largest absolute Gasteiger partial charge is 0.379 e. The van der Waals surface area contributed by atoms with Crippen LogP contribution in [0.5, 0.6) is 0 Å². The van der Waals surface area contributed by atoms with Gasteiger partial charge in [-0.15, -0.1) is 0 Å². The zero-order valence-electron chi connectivity index (χ0n) is 17.3. The standard InChI is InChI=1S/C22H32ClN3O2/c1-4-28-17-5-9-22(3,10-6-17)25-11-7-16(8-12-25)26-20-13-15(2)18(23)14-19(20)24-21(26)27/h13-14,16-17H,4-12H2,1-3H3,(H,24,27). The molecule has 6 heteroatoms. The molecule has 2 fully saturated rings. The number of aromatic amines is 1. The van der Waals surface area contributed by atoms with Crippen LogP contribution >= 0.6 is 11.6 Å². The van der Waals surface area contributed by atoms with Crippen molar-refractivity contribution in [3.63, 3.8) is 0 Å². The predicted octanol–water partition coefficient (Wildman–Crippen LogP) is 4.67. The van der Waals surface area contributed by atoms with Crippen molar-refractivity contribution in [2.24, 2.45) is 0 Å². The van der Waals surface area contributed by atoms with Crippen molar-refractivity contribution in [1.29, 1.82) is 0 Å². The fraction of sp³-hybridized carbons (Fsp3) is 0.682. The maximum atomic E-state index is 12.6. The minimum atomic E-state index is -0.0152. The number of hydrogen-bond acceptors (Lipinski definition) is 3. The lowest BCUT2D eigenvalue weighted by atomic mass is 9.79. The van der Waals surface area contributed by atoms with E-state index in [2.05, 4.69) is 23.7 Å². The Bertz CT molecular complexity index is 887. The summed E-state index contributed by atoms with van der Waals surface area (Å²) in [6.45, 7) is 9.40. The van der Waals surface area contributed by atoms with Crippen LogP contribution in [-0.2, 0) is 4.74 Å². The van der Waals surface area contributed by atoms with Gasteiger partial charge in [-0.25, -0.2) is 4.79 Å². The number of aromatic nitrogens is 2. The molecule has 1 N–H and O–H groups in total. The first-order valence-corrected chi connectivity index (χ1v) is 11.1. The molecule has 154 valence electrons. The molecule has 28 heavy (non-hydrogen) atoms. The maximum absolute atomic E-state index is 12.6. The zero-order chi connectivity index (χ0) is 19.9. The summed E-state index contributed by atoms with van der Waals surface area (Å²) < 4.78 is 7.79. The predicted molar refractivity (Wildman–Crippen MR) is 114 cm³/mol. The SMILES string of the molecule is CCOC1CCC(C)(N2CCC(n3c(=O)[nH]c4cc(Cl)c(C)cc43)CC2)CC1. The highest BCUT2D eigenvalue weighted by atomic mass is 35.5. The zero-order valence-corrected chi connectivity index (χ0v) is 18.0. The van der Waals surface area contributed by atoms with Crippen molar-refractivity contribution in [2.75, 3.05) is 19.7 Å². The van der Waals surface area contributed by atoms with Gasteiger partial charge in [0.15, 0.2) is 0 Å². The molecule has 2 aromatic rings. The van der Waals surface area contributed by atoms with E-state index in [1.54, 1.807) is 0 Å². The molecule has 0 unspecified atom stereocenters. The Hall–Kier alpha value is -1.30. The van der Waals surface area contributed by atoms with Gasteiger partial charge >= 0.3 is 5.69 Å². The van der Waals surface area contributed by atoms with Gasteiger partial charge in [0.2, 0.25) is 0 Å². The summed E-state index contributed by atoms with van der Waals surface area (Å²) in [6.07, 6.45) is 7.19.